The maximum absolute atomic E-state index is 11.2. The fraction of sp³-hybridized carbons (Fsp3) is 0.727. The highest BCUT2D eigenvalue weighted by Crippen LogP contribution is 1.90. The summed E-state index contributed by atoms with van der Waals surface area (Å²) in [4.78, 5) is 11.2. The van der Waals surface area contributed by atoms with Crippen LogP contribution >= 0.6 is 0 Å². The first kappa shape index (κ1) is 14.1. The summed E-state index contributed by atoms with van der Waals surface area (Å²) in [5.41, 5.74) is 5.31. The van der Waals surface area contributed by atoms with Crippen LogP contribution in [0.3, 0.4) is 0 Å². The summed E-state index contributed by atoms with van der Waals surface area (Å²) >= 11 is 0. The molecule has 0 unspecified atom stereocenters. The molecule has 0 aliphatic rings. The number of carbonyl (C=O) groups excluding carboxylic acids is 1. The third kappa shape index (κ3) is 11.1. The van der Waals surface area contributed by atoms with E-state index in [0.717, 1.165) is 25.9 Å². The van der Waals surface area contributed by atoms with Crippen LogP contribution in [0, 0.1) is 0 Å². The van der Waals surface area contributed by atoms with Crippen molar-refractivity contribution in [2.45, 2.75) is 26.2 Å². The molecule has 15 heavy (non-hydrogen) atoms. The highest BCUT2D eigenvalue weighted by molar-refractivity contribution is 5.77. The zero-order valence-electron chi connectivity index (χ0n) is 9.59. The van der Waals surface area contributed by atoms with Crippen molar-refractivity contribution in [2.75, 3.05) is 26.2 Å². The number of nitrogens with two attached hydrogens (primary N) is 1. The van der Waals surface area contributed by atoms with E-state index in [4.69, 9.17) is 5.73 Å². The summed E-state index contributed by atoms with van der Waals surface area (Å²) in [6.45, 7) is 5.00. The molecule has 0 fully saturated rings. The van der Waals surface area contributed by atoms with Crippen LogP contribution in [0.1, 0.15) is 26.2 Å². The first-order chi connectivity index (χ1) is 7.31. The lowest BCUT2D eigenvalue weighted by Gasteiger charge is -2.04. The number of unbranched alkanes of at least 4 members (excludes halogenated alkanes) is 1. The summed E-state index contributed by atoms with van der Waals surface area (Å²) in [5, 5.41) is 5.93. The zero-order chi connectivity index (χ0) is 11.4. The van der Waals surface area contributed by atoms with Gasteiger partial charge >= 0.3 is 0 Å². The van der Waals surface area contributed by atoms with E-state index in [2.05, 4.69) is 17.6 Å². The van der Waals surface area contributed by atoms with Crippen molar-refractivity contribution in [3.63, 3.8) is 0 Å². The molecule has 88 valence electrons. The van der Waals surface area contributed by atoms with E-state index >= 15 is 0 Å². The Hall–Kier alpha value is -0.870. The number of nitrogens with one attached hydrogen (secondary N) is 2. The molecule has 4 nitrogen and oxygen atoms in total. The van der Waals surface area contributed by atoms with Gasteiger partial charge in [-0.15, -0.1) is 0 Å². The Labute approximate surface area is 92.3 Å². The molecule has 0 aromatic carbocycles. The number of hydrogen-bond donors (Lipinski definition) is 3. The van der Waals surface area contributed by atoms with E-state index in [1.807, 2.05) is 12.2 Å². The zero-order valence-corrected chi connectivity index (χ0v) is 9.59. The molecule has 4 N–H and O–H groups in total. The topological polar surface area (TPSA) is 67.2 Å². The Kier molecular flexibility index (Phi) is 10.6. The van der Waals surface area contributed by atoms with Crippen LogP contribution in [-0.4, -0.2) is 32.1 Å². The van der Waals surface area contributed by atoms with Gasteiger partial charge in [-0.25, -0.2) is 0 Å². The van der Waals surface area contributed by atoms with Gasteiger partial charge in [0.1, 0.15) is 0 Å². The standard InChI is InChI=1S/C11H23N3O/c1-2-3-4-5-6-11(15)14-10-9-13-8-7-12/h4-5,13H,2-3,6-10,12H2,1H3,(H,14,15)/b5-4+. The van der Waals surface area contributed by atoms with E-state index in [-0.39, 0.29) is 5.91 Å². The van der Waals surface area contributed by atoms with Gasteiger partial charge in [0, 0.05) is 32.6 Å². The largest absolute Gasteiger partial charge is 0.355 e. The van der Waals surface area contributed by atoms with Crippen molar-refractivity contribution in [1.29, 1.82) is 0 Å². The lowest BCUT2D eigenvalue weighted by molar-refractivity contribution is -0.120. The molecule has 0 aromatic rings. The fourth-order valence-electron chi connectivity index (χ4n) is 1.06. The Morgan fingerprint density at radius 1 is 1.27 bits per heavy atom. The van der Waals surface area contributed by atoms with Gasteiger partial charge in [-0.3, -0.25) is 4.79 Å². The first-order valence-corrected chi connectivity index (χ1v) is 5.63. The minimum atomic E-state index is 0.0805. The van der Waals surface area contributed by atoms with Crippen LogP contribution in [0.2, 0.25) is 0 Å². The number of carbonyl (C=O) groups is 1. The Morgan fingerprint density at radius 2 is 2.07 bits per heavy atom. The molecule has 0 atom stereocenters. The van der Waals surface area contributed by atoms with Crippen LogP contribution < -0.4 is 16.4 Å². The Balaban J connectivity index is 3.25. The summed E-state index contributed by atoms with van der Waals surface area (Å²) in [6, 6.07) is 0. The second kappa shape index (κ2) is 11.2. The van der Waals surface area contributed by atoms with Crippen LogP contribution in [0.25, 0.3) is 0 Å². The smallest absolute Gasteiger partial charge is 0.223 e. The van der Waals surface area contributed by atoms with E-state index in [1.165, 1.54) is 0 Å². The van der Waals surface area contributed by atoms with Gasteiger partial charge in [0.05, 0.1) is 0 Å². The van der Waals surface area contributed by atoms with Gasteiger partial charge < -0.3 is 16.4 Å². The quantitative estimate of drug-likeness (QED) is 0.383. The predicted molar refractivity (Wildman–Crippen MR) is 63.6 cm³/mol. The average Bonchev–Trinajstić information content (AvgIpc) is 2.24. The van der Waals surface area contributed by atoms with E-state index < -0.39 is 0 Å². The molecule has 0 heterocycles. The molecule has 0 radical (unpaired) electrons. The van der Waals surface area contributed by atoms with Crippen molar-refractivity contribution >= 4 is 5.91 Å². The number of hydrogen-bond acceptors (Lipinski definition) is 3. The van der Waals surface area contributed by atoms with Gasteiger partial charge in [-0.2, -0.15) is 0 Å². The summed E-state index contributed by atoms with van der Waals surface area (Å²) in [5.74, 6) is 0.0805. The van der Waals surface area contributed by atoms with Crippen molar-refractivity contribution in [2.24, 2.45) is 5.73 Å². The summed E-state index contributed by atoms with van der Waals surface area (Å²) in [6.07, 6.45) is 6.63. The van der Waals surface area contributed by atoms with E-state index in [0.29, 0.717) is 19.5 Å². The maximum atomic E-state index is 11.2. The molecule has 0 aliphatic heterocycles. The highest BCUT2D eigenvalue weighted by atomic mass is 16.1. The average molecular weight is 213 g/mol. The maximum Gasteiger partial charge on any atom is 0.223 e. The second-order valence-corrected chi connectivity index (χ2v) is 3.35. The molecule has 0 aromatic heterocycles. The first-order valence-electron chi connectivity index (χ1n) is 5.63. The fourth-order valence-corrected chi connectivity index (χ4v) is 1.06. The van der Waals surface area contributed by atoms with Crippen molar-refractivity contribution in [3.05, 3.63) is 12.2 Å². The normalized spacial score (nSPS) is 10.8. The van der Waals surface area contributed by atoms with Gasteiger partial charge in [0.15, 0.2) is 0 Å². The number of rotatable bonds is 9. The molecule has 1 amide bonds. The Morgan fingerprint density at radius 3 is 2.73 bits per heavy atom. The molecule has 0 saturated carbocycles. The molecule has 4 heteroatoms. The Bertz CT molecular complexity index is 181. The third-order valence-electron chi connectivity index (χ3n) is 1.87. The lowest BCUT2D eigenvalue weighted by Crippen LogP contribution is -2.33. The lowest BCUT2D eigenvalue weighted by atomic mass is 10.3. The molecule has 0 rings (SSSR count). The van der Waals surface area contributed by atoms with E-state index in [1.54, 1.807) is 0 Å². The third-order valence-corrected chi connectivity index (χ3v) is 1.87. The van der Waals surface area contributed by atoms with Crippen LogP contribution in [0.15, 0.2) is 12.2 Å². The van der Waals surface area contributed by atoms with Gasteiger partial charge in [-0.05, 0) is 6.42 Å². The summed E-state index contributed by atoms with van der Waals surface area (Å²) < 4.78 is 0. The monoisotopic (exact) mass is 213 g/mol. The summed E-state index contributed by atoms with van der Waals surface area (Å²) in [7, 11) is 0. The minimum absolute atomic E-state index is 0.0805. The van der Waals surface area contributed by atoms with E-state index in [9.17, 15) is 4.79 Å². The number of amides is 1. The van der Waals surface area contributed by atoms with Crippen LogP contribution in [0.5, 0.6) is 0 Å². The molecular formula is C11H23N3O. The van der Waals surface area contributed by atoms with Crippen molar-refractivity contribution in [1.82, 2.24) is 10.6 Å². The molecule has 0 spiro atoms. The molecule has 0 bridgehead atoms. The second-order valence-electron chi connectivity index (χ2n) is 3.35. The number of allylic oxidation sites excluding steroid dienone is 1. The van der Waals surface area contributed by atoms with Gasteiger partial charge in [0.25, 0.3) is 0 Å². The van der Waals surface area contributed by atoms with Gasteiger partial charge in [0.2, 0.25) is 5.91 Å². The molecular weight excluding hydrogens is 190 g/mol. The van der Waals surface area contributed by atoms with Gasteiger partial charge in [-0.1, -0.05) is 25.5 Å². The molecule has 0 saturated heterocycles. The van der Waals surface area contributed by atoms with Crippen molar-refractivity contribution < 1.29 is 4.79 Å². The molecule has 0 aliphatic carbocycles. The minimum Gasteiger partial charge on any atom is -0.355 e. The van der Waals surface area contributed by atoms with Crippen molar-refractivity contribution in [3.8, 4) is 0 Å². The van der Waals surface area contributed by atoms with Crippen LogP contribution in [-0.2, 0) is 4.79 Å². The highest BCUT2D eigenvalue weighted by Gasteiger charge is 1.95. The van der Waals surface area contributed by atoms with Crippen LogP contribution in [0.4, 0.5) is 0 Å². The SMILES string of the molecule is CCC/C=C/CC(=O)NCCNCCN. The predicted octanol–water partition coefficient (Wildman–Crippen LogP) is 0.397.